The van der Waals surface area contributed by atoms with Crippen molar-refractivity contribution >= 4 is 28.3 Å². The van der Waals surface area contributed by atoms with Crippen molar-refractivity contribution in [2.45, 2.75) is 25.0 Å². The number of aromatic nitrogens is 2. The average Bonchev–Trinajstić information content (AvgIpc) is 3.38. The molecular weight excluding hydrogens is 376 g/mol. The molecule has 2 bridgehead atoms. The Labute approximate surface area is 166 Å². The first-order chi connectivity index (χ1) is 13.4. The summed E-state index contributed by atoms with van der Waals surface area (Å²) in [6.45, 7) is 2.54. The Morgan fingerprint density at radius 3 is 3.11 bits per heavy atom. The lowest BCUT2D eigenvalue weighted by Gasteiger charge is -2.22. The third-order valence-electron chi connectivity index (χ3n) is 5.73. The van der Waals surface area contributed by atoms with Crippen LogP contribution in [0.25, 0.3) is 0 Å². The molecule has 8 heteroatoms. The molecule has 0 radical (unpaired) electrons. The van der Waals surface area contributed by atoms with E-state index in [1.165, 1.54) is 16.9 Å². The lowest BCUT2D eigenvalue weighted by atomic mass is 9.77. The molecule has 1 N–H and O–H groups in total. The molecule has 144 valence electrons. The molecule has 2 amide bonds. The number of fused-ring (bicyclic) bond motifs is 1. The van der Waals surface area contributed by atoms with Crippen LogP contribution in [0.1, 0.15) is 16.1 Å². The van der Waals surface area contributed by atoms with Gasteiger partial charge in [-0.2, -0.15) is 0 Å². The number of carbonyl (C=O) groups is 2. The summed E-state index contributed by atoms with van der Waals surface area (Å²) in [4.78, 5) is 27.2. The van der Waals surface area contributed by atoms with Gasteiger partial charge < -0.3 is 15.0 Å². The molecule has 28 heavy (non-hydrogen) atoms. The Balaban J connectivity index is 1.31. The summed E-state index contributed by atoms with van der Waals surface area (Å²) in [6, 6.07) is 8.23. The van der Waals surface area contributed by atoms with E-state index in [0.717, 1.165) is 10.6 Å². The number of rotatable bonds is 4. The molecule has 2 aromatic rings. The quantitative estimate of drug-likeness (QED) is 0.797. The number of anilines is 1. The molecular formula is C20H20N4O3S. The minimum Gasteiger partial charge on any atom is -0.360 e. The third-order valence-corrected chi connectivity index (χ3v) is 6.57. The molecule has 4 atom stereocenters. The van der Waals surface area contributed by atoms with E-state index in [2.05, 4.69) is 34.6 Å². The number of hydrogen-bond donors (Lipinski definition) is 1. The number of nitrogens with one attached hydrogen (secondary N) is 1. The number of likely N-dealkylation sites (N-methyl/N-ethyl adjacent to an activating group) is 1. The summed E-state index contributed by atoms with van der Waals surface area (Å²) >= 11 is 1.36. The monoisotopic (exact) mass is 396 g/mol. The highest BCUT2D eigenvalue weighted by Gasteiger charge is 2.66. The maximum atomic E-state index is 13.0. The van der Waals surface area contributed by atoms with E-state index in [9.17, 15) is 9.59 Å². The Bertz CT molecular complexity index is 1000. The molecule has 5 rings (SSSR count). The first-order valence-corrected chi connectivity index (χ1v) is 10.1. The number of benzene rings is 1. The lowest BCUT2D eigenvalue weighted by molar-refractivity contribution is -0.134. The van der Waals surface area contributed by atoms with Crippen molar-refractivity contribution < 1.29 is 14.3 Å². The molecule has 0 saturated carbocycles. The van der Waals surface area contributed by atoms with E-state index in [0.29, 0.717) is 18.1 Å². The van der Waals surface area contributed by atoms with Gasteiger partial charge in [0.15, 0.2) is 0 Å². The van der Waals surface area contributed by atoms with Crippen molar-refractivity contribution in [1.82, 2.24) is 15.1 Å². The van der Waals surface area contributed by atoms with E-state index >= 15 is 0 Å². The fourth-order valence-electron chi connectivity index (χ4n) is 4.55. The van der Waals surface area contributed by atoms with Crippen LogP contribution in [-0.4, -0.2) is 52.2 Å². The van der Waals surface area contributed by atoms with Crippen LogP contribution >= 0.6 is 11.3 Å². The second-order valence-corrected chi connectivity index (χ2v) is 8.81. The van der Waals surface area contributed by atoms with Crippen LogP contribution in [0.15, 0.2) is 36.4 Å². The number of likely N-dealkylation sites (tertiary alicyclic amines) is 1. The SMILES string of the molecule is Cc1cccc(Cc2nnc(NC(=O)[C@H]3[C@@H]4C=C[C@@]5(CN(C)C(=O)[C@@H]35)O4)s2)c1. The van der Waals surface area contributed by atoms with Crippen LogP contribution in [0.3, 0.4) is 0 Å². The summed E-state index contributed by atoms with van der Waals surface area (Å²) in [5, 5.41) is 12.4. The smallest absolute Gasteiger partial charge is 0.233 e. The Morgan fingerprint density at radius 2 is 2.29 bits per heavy atom. The van der Waals surface area contributed by atoms with Gasteiger partial charge in [0.2, 0.25) is 16.9 Å². The standard InChI is InChI=1S/C20H20N4O3S/c1-11-4-3-5-12(8-11)9-14-22-23-19(28-14)21-17(25)15-13-6-7-20(27-13)10-24(2)18(26)16(15)20/h3-8,13,15-16H,9-10H2,1-2H3,(H,21,23,25)/t13-,15-,16+,20-/m0/s1. The van der Waals surface area contributed by atoms with Crippen molar-refractivity contribution in [3.8, 4) is 0 Å². The van der Waals surface area contributed by atoms with Crippen molar-refractivity contribution in [3.05, 3.63) is 52.6 Å². The van der Waals surface area contributed by atoms with Crippen LogP contribution in [0, 0.1) is 18.8 Å². The predicted molar refractivity (Wildman–Crippen MR) is 104 cm³/mol. The fraction of sp³-hybridized carbons (Fsp3) is 0.400. The minimum atomic E-state index is -0.657. The van der Waals surface area contributed by atoms with Gasteiger partial charge in [0.05, 0.1) is 24.5 Å². The Hall–Kier alpha value is -2.58. The third kappa shape index (κ3) is 2.67. The molecule has 4 heterocycles. The molecule has 1 aromatic heterocycles. The molecule has 0 unspecified atom stereocenters. The summed E-state index contributed by atoms with van der Waals surface area (Å²) in [5.41, 5.74) is 1.69. The predicted octanol–water partition coefficient (Wildman–Crippen LogP) is 1.79. The molecule has 7 nitrogen and oxygen atoms in total. The highest BCUT2D eigenvalue weighted by Crippen LogP contribution is 2.51. The molecule has 3 aliphatic heterocycles. The molecule has 2 saturated heterocycles. The topological polar surface area (TPSA) is 84.4 Å². The van der Waals surface area contributed by atoms with Crippen LogP contribution in [0.2, 0.25) is 0 Å². The maximum Gasteiger partial charge on any atom is 0.233 e. The number of hydrogen-bond acceptors (Lipinski definition) is 6. The zero-order valence-corrected chi connectivity index (χ0v) is 16.4. The van der Waals surface area contributed by atoms with E-state index in [4.69, 9.17) is 4.74 Å². The molecule has 1 aromatic carbocycles. The zero-order valence-electron chi connectivity index (χ0n) is 15.6. The van der Waals surface area contributed by atoms with Crippen LogP contribution in [0.5, 0.6) is 0 Å². The van der Waals surface area contributed by atoms with Gasteiger partial charge in [-0.15, -0.1) is 10.2 Å². The van der Waals surface area contributed by atoms with Gasteiger partial charge in [0.1, 0.15) is 10.6 Å². The van der Waals surface area contributed by atoms with Crippen LogP contribution in [-0.2, 0) is 20.7 Å². The van der Waals surface area contributed by atoms with E-state index in [-0.39, 0.29) is 17.9 Å². The minimum absolute atomic E-state index is 0.0376. The fourth-order valence-corrected chi connectivity index (χ4v) is 5.33. The van der Waals surface area contributed by atoms with Crippen molar-refractivity contribution in [2.24, 2.45) is 11.8 Å². The van der Waals surface area contributed by atoms with Crippen LogP contribution in [0.4, 0.5) is 5.13 Å². The zero-order chi connectivity index (χ0) is 19.5. The maximum absolute atomic E-state index is 13.0. The number of ether oxygens (including phenoxy) is 1. The molecule has 1 spiro atoms. The first kappa shape index (κ1) is 17.5. The number of aryl methyl sites for hydroxylation is 1. The van der Waals surface area contributed by atoms with Gasteiger partial charge in [-0.1, -0.05) is 53.3 Å². The second-order valence-electron chi connectivity index (χ2n) is 7.75. The molecule has 2 fully saturated rings. The molecule has 3 aliphatic rings. The van der Waals surface area contributed by atoms with E-state index in [1.54, 1.807) is 11.9 Å². The highest BCUT2D eigenvalue weighted by atomic mass is 32.1. The highest BCUT2D eigenvalue weighted by molar-refractivity contribution is 7.15. The van der Waals surface area contributed by atoms with Gasteiger partial charge in [0.25, 0.3) is 0 Å². The normalized spacial score (nSPS) is 30.1. The second kappa shape index (κ2) is 6.22. The Kier molecular flexibility index (Phi) is 3.89. The van der Waals surface area contributed by atoms with Gasteiger partial charge in [-0.3, -0.25) is 9.59 Å². The van der Waals surface area contributed by atoms with Crippen LogP contribution < -0.4 is 5.32 Å². The van der Waals surface area contributed by atoms with Gasteiger partial charge in [-0.05, 0) is 12.5 Å². The van der Waals surface area contributed by atoms with E-state index < -0.39 is 17.4 Å². The molecule has 0 aliphatic carbocycles. The summed E-state index contributed by atoms with van der Waals surface area (Å²) in [6.07, 6.45) is 4.15. The summed E-state index contributed by atoms with van der Waals surface area (Å²) in [7, 11) is 1.75. The average molecular weight is 396 g/mol. The van der Waals surface area contributed by atoms with Gasteiger partial charge >= 0.3 is 0 Å². The van der Waals surface area contributed by atoms with Crippen molar-refractivity contribution in [2.75, 3.05) is 18.9 Å². The Morgan fingerprint density at radius 1 is 1.43 bits per heavy atom. The van der Waals surface area contributed by atoms with E-state index in [1.807, 2.05) is 24.3 Å². The summed E-state index contributed by atoms with van der Waals surface area (Å²) in [5.74, 6) is -1.27. The number of amides is 2. The number of carbonyl (C=O) groups excluding carboxylic acids is 2. The largest absolute Gasteiger partial charge is 0.360 e. The summed E-state index contributed by atoms with van der Waals surface area (Å²) < 4.78 is 6.02. The van der Waals surface area contributed by atoms with Crippen molar-refractivity contribution in [3.63, 3.8) is 0 Å². The van der Waals surface area contributed by atoms with Gasteiger partial charge in [0, 0.05) is 13.5 Å². The van der Waals surface area contributed by atoms with Crippen molar-refractivity contribution in [1.29, 1.82) is 0 Å². The first-order valence-electron chi connectivity index (χ1n) is 9.26. The number of nitrogens with zero attached hydrogens (tertiary/aromatic N) is 3. The van der Waals surface area contributed by atoms with Gasteiger partial charge in [-0.25, -0.2) is 0 Å². The lowest BCUT2D eigenvalue weighted by Crippen LogP contribution is -2.41.